The molecule has 6 nitrogen and oxygen atoms in total. The lowest BCUT2D eigenvalue weighted by Crippen LogP contribution is -2.42. The molecule has 0 radical (unpaired) electrons. The Bertz CT molecular complexity index is 736. The molecule has 2 atom stereocenters. The Kier molecular flexibility index (Phi) is 5.73. The number of hydrogen-bond donors (Lipinski definition) is 2. The van der Waals surface area contributed by atoms with Gasteiger partial charge in [-0.05, 0) is 24.1 Å². The summed E-state index contributed by atoms with van der Waals surface area (Å²) in [6, 6.07) is 18.4. The molecule has 0 saturated carbocycles. The Morgan fingerprint density at radius 2 is 1.77 bits per heavy atom. The minimum absolute atomic E-state index is 0.238. The fourth-order valence-electron chi connectivity index (χ4n) is 2.99. The molecule has 2 amide bonds. The number of aliphatic carboxylic acids is 1. The highest BCUT2D eigenvalue weighted by Crippen LogP contribution is 2.20. The van der Waals surface area contributed by atoms with Crippen molar-refractivity contribution in [1.29, 1.82) is 0 Å². The number of amides is 2. The zero-order valence-electron chi connectivity index (χ0n) is 14.4. The number of urea groups is 1. The SMILES string of the molecule is O=C(O)C1CCN(C(=O)NC(COc2ccccc2)c2ccccc2)C1. The van der Waals surface area contributed by atoms with Crippen molar-refractivity contribution in [1.82, 2.24) is 10.2 Å². The summed E-state index contributed by atoms with van der Waals surface area (Å²) in [6.45, 7) is 0.974. The molecule has 0 aromatic heterocycles. The molecule has 1 aliphatic rings. The fraction of sp³-hybridized carbons (Fsp3) is 0.300. The van der Waals surface area contributed by atoms with Crippen LogP contribution in [0.3, 0.4) is 0 Å². The van der Waals surface area contributed by atoms with Crippen LogP contribution in [0.5, 0.6) is 5.75 Å². The Morgan fingerprint density at radius 3 is 2.38 bits per heavy atom. The first-order valence-electron chi connectivity index (χ1n) is 8.64. The van der Waals surface area contributed by atoms with Crippen molar-refractivity contribution in [3.8, 4) is 5.75 Å². The van der Waals surface area contributed by atoms with E-state index in [4.69, 9.17) is 9.84 Å². The summed E-state index contributed by atoms with van der Waals surface area (Å²) < 4.78 is 5.82. The van der Waals surface area contributed by atoms with Gasteiger partial charge in [-0.2, -0.15) is 0 Å². The van der Waals surface area contributed by atoms with Crippen LogP contribution in [-0.2, 0) is 4.79 Å². The predicted octanol–water partition coefficient (Wildman–Crippen LogP) is 2.92. The lowest BCUT2D eigenvalue weighted by molar-refractivity contribution is -0.141. The third-order valence-electron chi connectivity index (χ3n) is 4.48. The highest BCUT2D eigenvalue weighted by Gasteiger charge is 2.31. The van der Waals surface area contributed by atoms with E-state index in [1.807, 2.05) is 60.7 Å². The van der Waals surface area contributed by atoms with Gasteiger partial charge >= 0.3 is 12.0 Å². The summed E-state index contributed by atoms with van der Waals surface area (Å²) in [5.41, 5.74) is 0.936. The molecule has 1 fully saturated rings. The van der Waals surface area contributed by atoms with Crippen LogP contribution in [0, 0.1) is 5.92 Å². The maximum atomic E-state index is 12.6. The molecule has 2 N–H and O–H groups in total. The Hall–Kier alpha value is -3.02. The third-order valence-corrected chi connectivity index (χ3v) is 4.48. The van der Waals surface area contributed by atoms with Crippen LogP contribution >= 0.6 is 0 Å². The quantitative estimate of drug-likeness (QED) is 0.836. The molecule has 0 spiro atoms. The van der Waals surface area contributed by atoms with Crippen molar-refractivity contribution in [2.75, 3.05) is 19.7 Å². The van der Waals surface area contributed by atoms with Crippen molar-refractivity contribution in [3.05, 3.63) is 66.2 Å². The smallest absolute Gasteiger partial charge is 0.318 e. The normalized spacial score (nSPS) is 17.5. The zero-order chi connectivity index (χ0) is 18.4. The van der Waals surface area contributed by atoms with E-state index < -0.39 is 11.9 Å². The molecule has 26 heavy (non-hydrogen) atoms. The van der Waals surface area contributed by atoms with Gasteiger partial charge in [-0.3, -0.25) is 4.79 Å². The Balaban J connectivity index is 1.66. The number of hydrogen-bond acceptors (Lipinski definition) is 3. The largest absolute Gasteiger partial charge is 0.491 e. The van der Waals surface area contributed by atoms with E-state index in [1.165, 1.54) is 0 Å². The Labute approximate surface area is 152 Å². The topological polar surface area (TPSA) is 78.9 Å². The molecule has 2 aromatic rings. The minimum atomic E-state index is -0.854. The summed E-state index contributed by atoms with van der Waals surface area (Å²) in [6.07, 6.45) is 0.485. The van der Waals surface area contributed by atoms with E-state index >= 15 is 0 Å². The molecular weight excluding hydrogens is 332 g/mol. The molecule has 2 unspecified atom stereocenters. The average molecular weight is 354 g/mol. The first kappa shape index (κ1) is 17.8. The van der Waals surface area contributed by atoms with Crippen molar-refractivity contribution in [2.45, 2.75) is 12.5 Å². The van der Waals surface area contributed by atoms with Crippen LogP contribution in [0.1, 0.15) is 18.0 Å². The van der Waals surface area contributed by atoms with E-state index in [1.54, 1.807) is 4.90 Å². The molecule has 0 bridgehead atoms. The van der Waals surface area contributed by atoms with Crippen molar-refractivity contribution >= 4 is 12.0 Å². The molecule has 0 aliphatic carbocycles. The number of carbonyl (C=O) groups is 2. The summed E-state index contributed by atoms with van der Waals surface area (Å²) in [7, 11) is 0. The number of carbonyl (C=O) groups excluding carboxylic acids is 1. The number of para-hydroxylation sites is 1. The fourth-order valence-corrected chi connectivity index (χ4v) is 2.99. The van der Waals surface area contributed by atoms with Crippen molar-refractivity contribution in [2.24, 2.45) is 5.92 Å². The minimum Gasteiger partial charge on any atom is -0.491 e. The standard InChI is InChI=1S/C20H22N2O4/c23-19(24)16-11-12-22(13-16)20(25)21-18(15-7-3-1-4-8-15)14-26-17-9-5-2-6-10-17/h1-10,16,18H,11-14H2,(H,21,25)(H,23,24). The van der Waals surface area contributed by atoms with Crippen molar-refractivity contribution in [3.63, 3.8) is 0 Å². The highest BCUT2D eigenvalue weighted by atomic mass is 16.5. The molecule has 6 heteroatoms. The lowest BCUT2D eigenvalue weighted by atomic mass is 10.1. The second kappa shape index (κ2) is 8.38. The van der Waals surface area contributed by atoms with Gasteiger partial charge in [-0.15, -0.1) is 0 Å². The number of nitrogens with one attached hydrogen (secondary N) is 1. The lowest BCUT2D eigenvalue weighted by Gasteiger charge is -2.24. The van der Waals surface area contributed by atoms with E-state index in [2.05, 4.69) is 5.32 Å². The average Bonchev–Trinajstić information content (AvgIpc) is 3.17. The third kappa shape index (κ3) is 4.53. The highest BCUT2D eigenvalue weighted by molar-refractivity contribution is 5.77. The summed E-state index contributed by atoms with van der Waals surface area (Å²) in [4.78, 5) is 25.2. The van der Waals surface area contributed by atoms with Crippen LogP contribution in [-0.4, -0.2) is 41.7 Å². The zero-order valence-corrected chi connectivity index (χ0v) is 14.4. The summed E-state index contributed by atoms with van der Waals surface area (Å²) >= 11 is 0. The monoisotopic (exact) mass is 354 g/mol. The van der Waals surface area contributed by atoms with Crippen LogP contribution in [0.15, 0.2) is 60.7 Å². The van der Waals surface area contributed by atoms with Gasteiger partial charge in [0.25, 0.3) is 0 Å². The summed E-state index contributed by atoms with van der Waals surface area (Å²) in [5.74, 6) is -0.612. The number of carboxylic acids is 1. The van der Waals surface area contributed by atoms with E-state index in [-0.39, 0.29) is 25.2 Å². The predicted molar refractivity (Wildman–Crippen MR) is 97.0 cm³/mol. The van der Waals surface area contributed by atoms with Gasteiger partial charge in [0.2, 0.25) is 0 Å². The summed E-state index contributed by atoms with van der Waals surface area (Å²) in [5, 5.41) is 12.1. The first-order valence-corrected chi connectivity index (χ1v) is 8.64. The molecule has 2 aromatic carbocycles. The van der Waals surface area contributed by atoms with E-state index in [9.17, 15) is 9.59 Å². The van der Waals surface area contributed by atoms with Gasteiger partial charge in [0, 0.05) is 13.1 Å². The second-order valence-corrected chi connectivity index (χ2v) is 6.31. The van der Waals surface area contributed by atoms with Gasteiger partial charge in [-0.25, -0.2) is 4.79 Å². The number of rotatable bonds is 6. The van der Waals surface area contributed by atoms with Crippen molar-refractivity contribution < 1.29 is 19.4 Å². The van der Waals surface area contributed by atoms with Gasteiger partial charge in [-0.1, -0.05) is 48.5 Å². The Morgan fingerprint density at radius 1 is 1.12 bits per heavy atom. The van der Waals surface area contributed by atoms with Crippen LogP contribution < -0.4 is 10.1 Å². The maximum absolute atomic E-state index is 12.6. The van der Waals surface area contributed by atoms with Gasteiger partial charge in [0.05, 0.1) is 12.0 Å². The molecule has 1 saturated heterocycles. The number of carboxylic acid groups (broad SMARTS) is 1. The van der Waals surface area contributed by atoms with E-state index in [0.29, 0.717) is 13.0 Å². The number of nitrogens with zero attached hydrogens (tertiary/aromatic N) is 1. The van der Waals surface area contributed by atoms with Crippen LogP contribution in [0.25, 0.3) is 0 Å². The van der Waals surface area contributed by atoms with Gasteiger partial charge < -0.3 is 20.1 Å². The van der Waals surface area contributed by atoms with Gasteiger partial charge in [0.1, 0.15) is 12.4 Å². The molecule has 1 heterocycles. The maximum Gasteiger partial charge on any atom is 0.318 e. The van der Waals surface area contributed by atoms with Crippen LogP contribution in [0.4, 0.5) is 4.79 Å². The molecular formula is C20H22N2O4. The molecule has 1 aliphatic heterocycles. The number of benzene rings is 2. The van der Waals surface area contributed by atoms with Gasteiger partial charge in [0.15, 0.2) is 0 Å². The van der Waals surface area contributed by atoms with E-state index in [0.717, 1.165) is 11.3 Å². The number of likely N-dealkylation sites (tertiary alicyclic amines) is 1. The molecule has 136 valence electrons. The van der Waals surface area contributed by atoms with Crippen LogP contribution in [0.2, 0.25) is 0 Å². The first-order chi connectivity index (χ1) is 12.6. The molecule has 3 rings (SSSR count). The second-order valence-electron chi connectivity index (χ2n) is 6.31. The number of ether oxygens (including phenoxy) is 1.